The van der Waals surface area contributed by atoms with Crippen LogP contribution in [0, 0.1) is 22.0 Å². The topological polar surface area (TPSA) is 52.4 Å². The molecule has 15 heavy (non-hydrogen) atoms. The summed E-state index contributed by atoms with van der Waals surface area (Å²) >= 11 is 0. The molecule has 0 aliphatic heterocycles. The molecule has 0 spiro atoms. The summed E-state index contributed by atoms with van der Waals surface area (Å²) in [4.78, 5) is 9.68. The Morgan fingerprint density at radius 3 is 2.93 bits per heavy atom. The van der Waals surface area contributed by atoms with Gasteiger partial charge in [-0.2, -0.15) is 0 Å². The van der Waals surface area contributed by atoms with Crippen LogP contribution in [0.25, 0.3) is 0 Å². The Bertz CT molecular complexity index is 309. The van der Waals surface area contributed by atoms with E-state index in [-0.39, 0.29) is 18.1 Å². The lowest BCUT2D eigenvalue weighted by molar-refractivity contribution is -0.483. The van der Waals surface area contributed by atoms with Crippen molar-refractivity contribution in [1.82, 2.24) is 0 Å². The molecule has 2 aliphatic carbocycles. The number of ether oxygens (including phenoxy) is 1. The number of allylic oxidation sites excluding steroid dienone is 3. The van der Waals surface area contributed by atoms with Gasteiger partial charge < -0.3 is 4.74 Å². The highest BCUT2D eigenvalue weighted by molar-refractivity contribution is 5.29. The summed E-state index contributed by atoms with van der Waals surface area (Å²) in [6, 6.07) is 0. The summed E-state index contributed by atoms with van der Waals surface area (Å²) in [5.74, 6) is 1.26. The van der Waals surface area contributed by atoms with Crippen LogP contribution in [0.5, 0.6) is 0 Å². The van der Waals surface area contributed by atoms with E-state index < -0.39 is 0 Å². The second-order valence-corrected chi connectivity index (χ2v) is 4.05. The summed E-state index contributed by atoms with van der Waals surface area (Å²) < 4.78 is 5.21. The molecule has 0 saturated carbocycles. The van der Waals surface area contributed by atoms with E-state index in [1.165, 1.54) is 12.0 Å². The summed E-state index contributed by atoms with van der Waals surface area (Å²) in [6.45, 7) is 0.742. The van der Waals surface area contributed by atoms with Gasteiger partial charge in [0, 0.05) is 4.92 Å². The van der Waals surface area contributed by atoms with Crippen molar-refractivity contribution in [2.24, 2.45) is 11.8 Å². The SMILES string of the molecule is O=[N+]([O-])CCOCCC1=CC2C=CC1C2. The highest BCUT2D eigenvalue weighted by Crippen LogP contribution is 2.39. The highest BCUT2D eigenvalue weighted by Gasteiger charge is 2.27. The largest absolute Gasteiger partial charge is 0.374 e. The first kappa shape index (κ1) is 10.4. The van der Waals surface area contributed by atoms with Crippen molar-refractivity contribution in [3.05, 3.63) is 33.9 Å². The fourth-order valence-corrected chi connectivity index (χ4v) is 2.22. The molecule has 2 atom stereocenters. The van der Waals surface area contributed by atoms with E-state index in [0.29, 0.717) is 18.4 Å². The number of hydrogen-bond donors (Lipinski definition) is 0. The average Bonchev–Trinajstić information content (AvgIpc) is 2.78. The minimum absolute atomic E-state index is 0.0923. The Kier molecular flexibility index (Phi) is 3.16. The van der Waals surface area contributed by atoms with Crippen LogP contribution < -0.4 is 0 Å². The molecule has 0 saturated heterocycles. The van der Waals surface area contributed by atoms with Crippen LogP contribution in [0.1, 0.15) is 12.8 Å². The first-order chi connectivity index (χ1) is 7.25. The fourth-order valence-electron chi connectivity index (χ4n) is 2.22. The van der Waals surface area contributed by atoms with Crippen molar-refractivity contribution in [1.29, 1.82) is 0 Å². The zero-order chi connectivity index (χ0) is 10.7. The number of hydrogen-bond acceptors (Lipinski definition) is 3. The third-order valence-corrected chi connectivity index (χ3v) is 2.97. The van der Waals surface area contributed by atoms with Crippen LogP contribution in [0.3, 0.4) is 0 Å². The predicted octanol–water partition coefficient (Wildman–Crippen LogP) is 1.80. The smallest absolute Gasteiger partial charge is 0.226 e. The Morgan fingerprint density at radius 2 is 2.33 bits per heavy atom. The van der Waals surface area contributed by atoms with Gasteiger partial charge in [0.1, 0.15) is 6.61 Å². The lowest BCUT2D eigenvalue weighted by atomic mass is 10.0. The quantitative estimate of drug-likeness (QED) is 0.290. The molecule has 2 bridgehead atoms. The van der Waals surface area contributed by atoms with E-state index in [1.54, 1.807) is 0 Å². The van der Waals surface area contributed by atoms with E-state index in [4.69, 9.17) is 4.74 Å². The molecule has 0 N–H and O–H groups in total. The van der Waals surface area contributed by atoms with Crippen molar-refractivity contribution < 1.29 is 9.66 Å². The molecular formula is C11H15NO3. The molecule has 4 heteroatoms. The average molecular weight is 209 g/mol. The van der Waals surface area contributed by atoms with E-state index in [1.807, 2.05) is 0 Å². The minimum Gasteiger partial charge on any atom is -0.374 e. The van der Waals surface area contributed by atoms with Gasteiger partial charge in [-0.15, -0.1) is 0 Å². The lowest BCUT2D eigenvalue weighted by Gasteiger charge is -2.09. The molecule has 2 rings (SSSR count). The number of nitrogens with zero attached hydrogens (tertiary/aromatic N) is 1. The van der Waals surface area contributed by atoms with Gasteiger partial charge in [-0.05, 0) is 24.7 Å². The highest BCUT2D eigenvalue weighted by atomic mass is 16.6. The minimum atomic E-state index is -0.348. The Balaban J connectivity index is 1.59. The third-order valence-electron chi connectivity index (χ3n) is 2.97. The van der Waals surface area contributed by atoms with E-state index >= 15 is 0 Å². The maximum Gasteiger partial charge on any atom is 0.226 e. The molecule has 0 heterocycles. The molecule has 2 unspecified atom stereocenters. The van der Waals surface area contributed by atoms with Gasteiger partial charge in [0.2, 0.25) is 6.54 Å². The third kappa shape index (κ3) is 2.65. The summed E-state index contributed by atoms with van der Waals surface area (Å²) in [5.41, 5.74) is 1.45. The van der Waals surface area contributed by atoms with Crippen LogP contribution in [0.4, 0.5) is 0 Å². The summed E-state index contributed by atoms with van der Waals surface area (Å²) in [5, 5.41) is 10.0. The second-order valence-electron chi connectivity index (χ2n) is 4.05. The molecule has 0 aromatic carbocycles. The first-order valence-corrected chi connectivity index (χ1v) is 5.34. The number of nitro groups is 1. The van der Waals surface area contributed by atoms with Crippen LogP contribution in [0.15, 0.2) is 23.8 Å². The van der Waals surface area contributed by atoms with E-state index in [0.717, 1.165) is 6.42 Å². The normalized spacial score (nSPS) is 27.1. The predicted molar refractivity (Wildman–Crippen MR) is 56.1 cm³/mol. The monoisotopic (exact) mass is 209 g/mol. The Hall–Kier alpha value is -1.16. The van der Waals surface area contributed by atoms with Crippen LogP contribution in [-0.4, -0.2) is 24.7 Å². The van der Waals surface area contributed by atoms with Crippen molar-refractivity contribution in [2.75, 3.05) is 19.8 Å². The zero-order valence-electron chi connectivity index (χ0n) is 8.59. The van der Waals surface area contributed by atoms with Gasteiger partial charge in [0.15, 0.2) is 0 Å². The van der Waals surface area contributed by atoms with Crippen LogP contribution >= 0.6 is 0 Å². The first-order valence-electron chi connectivity index (χ1n) is 5.34. The molecule has 82 valence electrons. The van der Waals surface area contributed by atoms with Gasteiger partial charge in [0.05, 0.1) is 6.61 Å². The molecule has 0 fully saturated rings. The summed E-state index contributed by atoms with van der Waals surface area (Å²) in [7, 11) is 0. The van der Waals surface area contributed by atoms with E-state index in [2.05, 4.69) is 18.2 Å². The molecule has 0 amide bonds. The number of rotatable bonds is 6. The van der Waals surface area contributed by atoms with Crippen molar-refractivity contribution in [3.8, 4) is 0 Å². The molecule has 0 radical (unpaired) electrons. The molecule has 0 aromatic heterocycles. The van der Waals surface area contributed by atoms with Gasteiger partial charge in [-0.1, -0.05) is 23.8 Å². The van der Waals surface area contributed by atoms with E-state index in [9.17, 15) is 10.1 Å². The number of fused-ring (bicyclic) bond motifs is 2. The zero-order valence-corrected chi connectivity index (χ0v) is 8.59. The van der Waals surface area contributed by atoms with Gasteiger partial charge >= 0.3 is 0 Å². The lowest BCUT2D eigenvalue weighted by Crippen LogP contribution is -2.10. The van der Waals surface area contributed by atoms with Crippen LogP contribution in [0.2, 0.25) is 0 Å². The maximum absolute atomic E-state index is 10.0. The molecule has 2 aliphatic rings. The molecule has 4 nitrogen and oxygen atoms in total. The Labute approximate surface area is 88.8 Å². The molecular weight excluding hydrogens is 194 g/mol. The molecule has 0 aromatic rings. The van der Waals surface area contributed by atoms with Crippen molar-refractivity contribution in [3.63, 3.8) is 0 Å². The Morgan fingerprint density at radius 1 is 1.47 bits per heavy atom. The second kappa shape index (κ2) is 4.57. The van der Waals surface area contributed by atoms with Gasteiger partial charge in [-0.3, -0.25) is 10.1 Å². The maximum atomic E-state index is 10.0. The van der Waals surface area contributed by atoms with Crippen LogP contribution in [-0.2, 0) is 4.74 Å². The van der Waals surface area contributed by atoms with Gasteiger partial charge in [-0.25, -0.2) is 0 Å². The van der Waals surface area contributed by atoms with Gasteiger partial charge in [0.25, 0.3) is 0 Å². The van der Waals surface area contributed by atoms with Crippen molar-refractivity contribution >= 4 is 0 Å². The fraction of sp³-hybridized carbons (Fsp3) is 0.636. The van der Waals surface area contributed by atoms with Crippen molar-refractivity contribution in [2.45, 2.75) is 12.8 Å². The summed E-state index contributed by atoms with van der Waals surface area (Å²) in [6.07, 6.45) is 8.97. The standard InChI is InChI=1S/C11H15NO3/c13-12(14)4-6-15-5-3-11-8-9-1-2-10(11)7-9/h1-2,8-10H,3-7H2.